The zero-order valence-electron chi connectivity index (χ0n) is 14.4. The topological polar surface area (TPSA) is 108 Å². The molecule has 0 aliphatic rings. The zero-order valence-corrected chi connectivity index (χ0v) is 16.8. The molecule has 0 aliphatic heterocycles. The van der Waals surface area contributed by atoms with E-state index in [1.165, 1.54) is 0 Å². The van der Waals surface area contributed by atoms with Crippen LogP contribution >= 0.6 is 28.1 Å². The van der Waals surface area contributed by atoms with Gasteiger partial charge in [-0.25, -0.2) is 0 Å². The van der Waals surface area contributed by atoms with Crippen molar-refractivity contribution >= 4 is 40.0 Å². The lowest BCUT2D eigenvalue weighted by Gasteiger charge is -2.09. The molecule has 140 valence electrons. The van der Waals surface area contributed by atoms with E-state index in [1.807, 2.05) is 31.2 Å². The number of aromatic nitrogens is 4. The van der Waals surface area contributed by atoms with Gasteiger partial charge in [-0.05, 0) is 47.2 Å². The minimum atomic E-state index is -0.436. The fourth-order valence-electron chi connectivity index (χ4n) is 2.50. The average Bonchev–Trinajstić information content (AvgIpc) is 3.23. The number of aromatic amines is 2. The second-order valence-electron chi connectivity index (χ2n) is 5.86. The third-order valence-corrected chi connectivity index (χ3v) is 4.57. The van der Waals surface area contributed by atoms with Gasteiger partial charge in [-0.1, -0.05) is 23.8 Å². The molecule has 10 heteroatoms. The van der Waals surface area contributed by atoms with Crippen LogP contribution < -0.4 is 10.9 Å². The molecule has 3 aromatic rings. The molecule has 0 bridgehead atoms. The molecule has 0 unspecified atom stereocenters. The fourth-order valence-corrected chi connectivity index (χ4v) is 3.07. The van der Waals surface area contributed by atoms with E-state index < -0.39 is 5.91 Å². The van der Waals surface area contributed by atoms with Gasteiger partial charge in [-0.15, -0.1) is 0 Å². The monoisotopic (exact) mass is 448 g/mol. The number of carbonyl (C=O) groups excluding carboxylic acids is 2. The molecule has 4 N–H and O–H groups in total. The van der Waals surface area contributed by atoms with Crippen LogP contribution in [-0.2, 0) is 11.3 Å². The van der Waals surface area contributed by atoms with Gasteiger partial charge in [0.1, 0.15) is 5.69 Å². The number of aryl methyl sites for hydroxylation is 1. The molecule has 0 atom stereocenters. The Kier molecular flexibility index (Phi) is 5.87. The number of hydrazine groups is 1. The van der Waals surface area contributed by atoms with Gasteiger partial charge in [0.15, 0.2) is 10.6 Å². The normalized spacial score (nSPS) is 10.6. The summed E-state index contributed by atoms with van der Waals surface area (Å²) in [7, 11) is 0. The Morgan fingerprint density at radius 1 is 1.30 bits per heavy atom. The Bertz CT molecular complexity index is 1040. The van der Waals surface area contributed by atoms with Gasteiger partial charge in [0.25, 0.3) is 5.91 Å². The van der Waals surface area contributed by atoms with Crippen molar-refractivity contribution in [2.24, 2.45) is 0 Å². The first kappa shape index (κ1) is 19.1. The highest BCUT2D eigenvalue weighted by Crippen LogP contribution is 2.18. The van der Waals surface area contributed by atoms with Crippen LogP contribution in [0.4, 0.5) is 0 Å². The maximum Gasteiger partial charge on any atom is 0.286 e. The minimum absolute atomic E-state index is 0.126. The molecule has 0 radical (unpaired) electrons. The van der Waals surface area contributed by atoms with Crippen LogP contribution in [0.5, 0.6) is 0 Å². The lowest BCUT2D eigenvalue weighted by Crippen LogP contribution is -2.42. The number of benzene rings is 1. The quantitative estimate of drug-likeness (QED) is 0.355. The SMILES string of the molecule is Cc1cccc(-c2n[nH]c(=S)n2CCC(=O)NNC(=O)c2cc(Br)c[nH]2)c1. The first-order chi connectivity index (χ1) is 12.9. The molecule has 0 spiro atoms. The van der Waals surface area contributed by atoms with E-state index in [2.05, 4.69) is 42.0 Å². The Hall–Kier alpha value is -2.72. The molecule has 0 fully saturated rings. The van der Waals surface area contributed by atoms with Crippen molar-refractivity contribution in [3.05, 3.63) is 57.0 Å². The van der Waals surface area contributed by atoms with E-state index in [0.717, 1.165) is 15.6 Å². The summed E-state index contributed by atoms with van der Waals surface area (Å²) in [5.41, 5.74) is 7.10. The molecule has 2 aromatic heterocycles. The highest BCUT2D eigenvalue weighted by atomic mass is 79.9. The van der Waals surface area contributed by atoms with Crippen LogP contribution in [0.3, 0.4) is 0 Å². The predicted octanol–water partition coefficient (Wildman–Crippen LogP) is 2.86. The van der Waals surface area contributed by atoms with E-state index in [1.54, 1.807) is 16.8 Å². The van der Waals surface area contributed by atoms with Gasteiger partial charge in [0.2, 0.25) is 5.91 Å². The summed E-state index contributed by atoms with van der Waals surface area (Å²) in [6.07, 6.45) is 1.76. The summed E-state index contributed by atoms with van der Waals surface area (Å²) in [5.74, 6) is -0.113. The summed E-state index contributed by atoms with van der Waals surface area (Å²) in [6.45, 7) is 2.32. The third kappa shape index (κ3) is 4.72. The van der Waals surface area contributed by atoms with Gasteiger partial charge < -0.3 is 4.98 Å². The molecular formula is C17H17BrN6O2S. The molecule has 2 amide bonds. The number of H-pyrrole nitrogens is 2. The number of carbonyl (C=O) groups is 2. The zero-order chi connectivity index (χ0) is 19.4. The maximum atomic E-state index is 12.1. The summed E-state index contributed by atoms with van der Waals surface area (Å²) >= 11 is 8.51. The van der Waals surface area contributed by atoms with Crippen LogP contribution in [0, 0.1) is 11.7 Å². The van der Waals surface area contributed by atoms with Crippen LogP contribution in [0.1, 0.15) is 22.5 Å². The van der Waals surface area contributed by atoms with E-state index in [4.69, 9.17) is 12.2 Å². The number of nitrogens with one attached hydrogen (secondary N) is 4. The van der Waals surface area contributed by atoms with Crippen molar-refractivity contribution < 1.29 is 9.59 Å². The van der Waals surface area contributed by atoms with E-state index >= 15 is 0 Å². The summed E-state index contributed by atoms with van der Waals surface area (Å²) in [4.78, 5) is 26.8. The average molecular weight is 449 g/mol. The number of rotatable bonds is 5. The predicted molar refractivity (Wildman–Crippen MR) is 106 cm³/mol. The first-order valence-electron chi connectivity index (χ1n) is 8.09. The Morgan fingerprint density at radius 2 is 2.11 bits per heavy atom. The smallest absolute Gasteiger partial charge is 0.286 e. The van der Waals surface area contributed by atoms with E-state index in [0.29, 0.717) is 22.8 Å². The van der Waals surface area contributed by atoms with Crippen LogP contribution in [0.25, 0.3) is 11.4 Å². The summed E-state index contributed by atoms with van der Waals surface area (Å²) < 4.78 is 2.93. The Labute approximate surface area is 168 Å². The number of amides is 2. The van der Waals surface area contributed by atoms with E-state index in [9.17, 15) is 9.59 Å². The molecular weight excluding hydrogens is 432 g/mol. The molecule has 1 aromatic carbocycles. The number of nitrogens with zero attached hydrogens (tertiary/aromatic N) is 2. The van der Waals surface area contributed by atoms with Gasteiger partial charge >= 0.3 is 0 Å². The van der Waals surface area contributed by atoms with Crippen molar-refractivity contribution in [3.8, 4) is 11.4 Å². The minimum Gasteiger partial charge on any atom is -0.356 e. The van der Waals surface area contributed by atoms with Crippen LogP contribution in [0.15, 0.2) is 41.0 Å². The molecule has 0 saturated heterocycles. The second kappa shape index (κ2) is 8.31. The second-order valence-corrected chi connectivity index (χ2v) is 7.16. The molecule has 27 heavy (non-hydrogen) atoms. The van der Waals surface area contributed by atoms with Gasteiger partial charge in [0, 0.05) is 29.2 Å². The lowest BCUT2D eigenvalue weighted by molar-refractivity contribution is -0.122. The largest absolute Gasteiger partial charge is 0.356 e. The Morgan fingerprint density at radius 3 is 2.81 bits per heavy atom. The molecule has 0 aliphatic carbocycles. The van der Waals surface area contributed by atoms with Crippen molar-refractivity contribution in [2.45, 2.75) is 19.9 Å². The third-order valence-electron chi connectivity index (χ3n) is 3.80. The number of hydrogen-bond acceptors (Lipinski definition) is 4. The molecule has 3 rings (SSSR count). The highest BCUT2D eigenvalue weighted by Gasteiger charge is 2.12. The van der Waals surface area contributed by atoms with Crippen molar-refractivity contribution in [2.75, 3.05) is 0 Å². The van der Waals surface area contributed by atoms with Crippen LogP contribution in [0.2, 0.25) is 0 Å². The number of hydrogen-bond donors (Lipinski definition) is 4. The standard InChI is InChI=1S/C17H17BrN6O2S/c1-10-3-2-4-11(7-10)15-21-23-17(27)24(15)6-5-14(25)20-22-16(26)13-8-12(18)9-19-13/h2-4,7-9,19H,5-6H2,1H3,(H,20,25)(H,22,26)(H,23,27). The van der Waals surface area contributed by atoms with Crippen LogP contribution in [-0.4, -0.2) is 31.6 Å². The molecule has 2 heterocycles. The summed E-state index contributed by atoms with van der Waals surface area (Å²) in [5, 5.41) is 7.02. The van der Waals surface area contributed by atoms with E-state index in [-0.39, 0.29) is 12.3 Å². The molecule has 0 saturated carbocycles. The highest BCUT2D eigenvalue weighted by molar-refractivity contribution is 9.10. The van der Waals surface area contributed by atoms with Gasteiger partial charge in [-0.3, -0.25) is 30.1 Å². The number of halogens is 1. The van der Waals surface area contributed by atoms with Gasteiger partial charge in [0.05, 0.1) is 0 Å². The fraction of sp³-hybridized carbons (Fsp3) is 0.176. The van der Waals surface area contributed by atoms with Crippen molar-refractivity contribution in [3.63, 3.8) is 0 Å². The first-order valence-corrected chi connectivity index (χ1v) is 9.29. The van der Waals surface area contributed by atoms with Gasteiger partial charge in [-0.2, -0.15) is 5.10 Å². The maximum absolute atomic E-state index is 12.1. The van der Waals surface area contributed by atoms with Crippen molar-refractivity contribution in [1.82, 2.24) is 30.6 Å². The Balaban J connectivity index is 1.60. The van der Waals surface area contributed by atoms with Crippen molar-refractivity contribution in [1.29, 1.82) is 0 Å². The lowest BCUT2D eigenvalue weighted by atomic mass is 10.1. The summed E-state index contributed by atoms with van der Waals surface area (Å²) in [6, 6.07) is 9.47. The molecule has 8 nitrogen and oxygen atoms in total.